The van der Waals surface area contributed by atoms with Gasteiger partial charge in [-0.15, -0.1) is 21.5 Å². The standard InChI is InChI=1S/C22H24N4O2S2/c1-4-29-22-24-23-21-25(11-14-8-6-5-7-9-14)19(27)18-15-10-16(13(2)3)28-12-17(15)30-20(18)26(21)22/h5-9,13,16H,4,10-12H2,1-3H3/t16-/m0/s1. The third kappa shape index (κ3) is 3.18. The van der Waals surface area contributed by atoms with Gasteiger partial charge in [-0.1, -0.05) is 62.9 Å². The van der Waals surface area contributed by atoms with Crippen LogP contribution in [0.15, 0.2) is 40.3 Å². The molecule has 0 aliphatic carbocycles. The molecule has 156 valence electrons. The Morgan fingerprint density at radius 3 is 2.80 bits per heavy atom. The summed E-state index contributed by atoms with van der Waals surface area (Å²) in [6, 6.07) is 10.1. The summed E-state index contributed by atoms with van der Waals surface area (Å²) < 4.78 is 9.93. The van der Waals surface area contributed by atoms with Gasteiger partial charge in [0.25, 0.3) is 5.56 Å². The van der Waals surface area contributed by atoms with Crippen LogP contribution in [0.2, 0.25) is 0 Å². The number of nitrogens with zero attached hydrogens (tertiary/aromatic N) is 4. The van der Waals surface area contributed by atoms with Crippen molar-refractivity contribution in [3.05, 3.63) is 56.7 Å². The van der Waals surface area contributed by atoms with Gasteiger partial charge in [-0.25, -0.2) is 4.40 Å². The van der Waals surface area contributed by atoms with Crippen LogP contribution in [-0.4, -0.2) is 31.0 Å². The minimum absolute atomic E-state index is 0.0173. The highest BCUT2D eigenvalue weighted by molar-refractivity contribution is 7.99. The molecule has 0 spiro atoms. The molecular formula is C22H24N4O2S2. The van der Waals surface area contributed by atoms with Crippen LogP contribution in [0.1, 0.15) is 36.8 Å². The first-order valence-corrected chi connectivity index (χ1v) is 12.1. The van der Waals surface area contributed by atoms with Crippen molar-refractivity contribution in [2.45, 2.75) is 51.6 Å². The van der Waals surface area contributed by atoms with E-state index in [0.29, 0.717) is 24.8 Å². The van der Waals surface area contributed by atoms with Gasteiger partial charge in [-0.3, -0.25) is 9.36 Å². The second-order valence-corrected chi connectivity index (χ2v) is 10.2. The zero-order chi connectivity index (χ0) is 20.8. The van der Waals surface area contributed by atoms with Crippen molar-refractivity contribution in [2.75, 3.05) is 5.75 Å². The second kappa shape index (κ2) is 7.83. The number of hydrogen-bond donors (Lipinski definition) is 0. The van der Waals surface area contributed by atoms with E-state index in [1.54, 1.807) is 27.7 Å². The summed E-state index contributed by atoms with van der Waals surface area (Å²) >= 11 is 3.30. The van der Waals surface area contributed by atoms with Crippen molar-refractivity contribution >= 4 is 39.1 Å². The van der Waals surface area contributed by atoms with Crippen molar-refractivity contribution in [1.29, 1.82) is 0 Å². The smallest absolute Gasteiger partial charge is 0.264 e. The fourth-order valence-electron chi connectivity index (χ4n) is 4.05. The lowest BCUT2D eigenvalue weighted by Crippen LogP contribution is -2.28. The van der Waals surface area contributed by atoms with Crippen LogP contribution in [0.5, 0.6) is 0 Å². The Hall–Kier alpha value is -2.16. The molecular weight excluding hydrogens is 416 g/mol. The molecule has 5 rings (SSSR count). The number of hydrogen-bond acceptors (Lipinski definition) is 6. The Morgan fingerprint density at radius 1 is 1.27 bits per heavy atom. The Bertz CT molecular complexity index is 1270. The van der Waals surface area contributed by atoms with Gasteiger partial charge in [-0.05, 0) is 22.8 Å². The molecule has 0 unspecified atom stereocenters. The van der Waals surface area contributed by atoms with E-state index in [4.69, 9.17) is 4.74 Å². The van der Waals surface area contributed by atoms with Gasteiger partial charge < -0.3 is 4.74 Å². The van der Waals surface area contributed by atoms with Gasteiger partial charge in [0.15, 0.2) is 5.16 Å². The van der Waals surface area contributed by atoms with Crippen molar-refractivity contribution in [2.24, 2.45) is 5.92 Å². The molecule has 0 bridgehead atoms. The maximum atomic E-state index is 13.8. The van der Waals surface area contributed by atoms with E-state index in [1.165, 1.54) is 0 Å². The minimum atomic E-state index is 0.0173. The van der Waals surface area contributed by atoms with E-state index in [1.807, 2.05) is 30.3 Å². The molecule has 1 aliphatic heterocycles. The number of fused-ring (bicyclic) bond motifs is 5. The Kier molecular flexibility index (Phi) is 5.16. The molecule has 0 saturated carbocycles. The SMILES string of the molecule is CCSc1nnc2n(Cc3ccccc3)c(=O)c3c4c(sc3n12)CO[C@H](C(C)C)C4. The lowest BCUT2D eigenvalue weighted by atomic mass is 9.96. The van der Waals surface area contributed by atoms with Crippen LogP contribution < -0.4 is 5.56 Å². The fourth-order valence-corrected chi connectivity index (χ4v) is 6.01. The summed E-state index contributed by atoms with van der Waals surface area (Å²) in [6.07, 6.45) is 0.913. The molecule has 30 heavy (non-hydrogen) atoms. The van der Waals surface area contributed by atoms with Crippen LogP contribution in [0, 0.1) is 5.92 Å². The summed E-state index contributed by atoms with van der Waals surface area (Å²) in [5, 5.41) is 10.5. The number of aromatic nitrogens is 4. The van der Waals surface area contributed by atoms with Crippen LogP contribution in [0.3, 0.4) is 0 Å². The van der Waals surface area contributed by atoms with Crippen molar-refractivity contribution in [3.63, 3.8) is 0 Å². The maximum absolute atomic E-state index is 13.8. The van der Waals surface area contributed by atoms with Gasteiger partial charge >= 0.3 is 0 Å². The molecule has 0 N–H and O–H groups in total. The van der Waals surface area contributed by atoms with E-state index in [9.17, 15) is 4.79 Å². The largest absolute Gasteiger partial charge is 0.372 e. The van der Waals surface area contributed by atoms with Gasteiger partial charge in [0.2, 0.25) is 5.78 Å². The molecule has 1 atom stereocenters. The lowest BCUT2D eigenvalue weighted by molar-refractivity contribution is 0.00200. The molecule has 3 aromatic heterocycles. The molecule has 0 fully saturated rings. The van der Waals surface area contributed by atoms with E-state index in [2.05, 4.69) is 35.4 Å². The normalized spacial score (nSPS) is 16.6. The molecule has 0 radical (unpaired) electrons. The van der Waals surface area contributed by atoms with Crippen LogP contribution in [-0.2, 0) is 24.3 Å². The number of thioether (sulfide) groups is 1. The summed E-state index contributed by atoms with van der Waals surface area (Å²) in [4.78, 5) is 15.9. The molecule has 1 aromatic carbocycles. The van der Waals surface area contributed by atoms with E-state index in [0.717, 1.165) is 43.6 Å². The molecule has 0 amide bonds. The fraction of sp³-hybridized carbons (Fsp3) is 0.409. The average Bonchev–Trinajstić information content (AvgIpc) is 3.33. The second-order valence-electron chi connectivity index (χ2n) is 7.91. The highest BCUT2D eigenvalue weighted by Gasteiger charge is 2.29. The highest BCUT2D eigenvalue weighted by Crippen LogP contribution is 2.37. The number of benzene rings is 1. The third-order valence-corrected chi connectivity index (χ3v) is 7.63. The number of ether oxygens (including phenoxy) is 1. The van der Waals surface area contributed by atoms with E-state index >= 15 is 0 Å². The quantitative estimate of drug-likeness (QED) is 0.432. The van der Waals surface area contributed by atoms with Crippen LogP contribution >= 0.6 is 23.1 Å². The van der Waals surface area contributed by atoms with Gasteiger partial charge in [0.1, 0.15) is 4.83 Å². The van der Waals surface area contributed by atoms with Crippen LogP contribution in [0.4, 0.5) is 0 Å². The molecule has 4 aromatic rings. The minimum Gasteiger partial charge on any atom is -0.372 e. The molecule has 6 nitrogen and oxygen atoms in total. The Balaban J connectivity index is 1.79. The van der Waals surface area contributed by atoms with Crippen LogP contribution in [0.25, 0.3) is 16.0 Å². The Labute approximate surface area is 182 Å². The van der Waals surface area contributed by atoms with E-state index in [-0.39, 0.29) is 11.7 Å². The summed E-state index contributed by atoms with van der Waals surface area (Å²) in [7, 11) is 0. The zero-order valence-corrected chi connectivity index (χ0v) is 18.9. The summed E-state index contributed by atoms with van der Waals surface area (Å²) in [5.41, 5.74) is 2.24. The first-order chi connectivity index (χ1) is 14.6. The van der Waals surface area contributed by atoms with Crippen molar-refractivity contribution in [3.8, 4) is 0 Å². The summed E-state index contributed by atoms with van der Waals surface area (Å²) in [5.74, 6) is 1.90. The maximum Gasteiger partial charge on any atom is 0.264 e. The highest BCUT2D eigenvalue weighted by atomic mass is 32.2. The molecule has 4 heterocycles. The van der Waals surface area contributed by atoms with Crippen molar-refractivity contribution in [1.82, 2.24) is 19.2 Å². The predicted molar refractivity (Wildman–Crippen MR) is 122 cm³/mol. The summed E-state index contributed by atoms with van der Waals surface area (Å²) in [6.45, 7) is 7.49. The van der Waals surface area contributed by atoms with Gasteiger partial charge in [-0.2, -0.15) is 0 Å². The number of rotatable bonds is 5. The first-order valence-electron chi connectivity index (χ1n) is 10.3. The van der Waals surface area contributed by atoms with Gasteiger partial charge in [0.05, 0.1) is 24.6 Å². The monoisotopic (exact) mass is 440 g/mol. The molecule has 8 heteroatoms. The topological polar surface area (TPSA) is 61.4 Å². The molecule has 1 aliphatic rings. The lowest BCUT2D eigenvalue weighted by Gasteiger charge is -2.26. The van der Waals surface area contributed by atoms with Crippen molar-refractivity contribution < 1.29 is 4.74 Å². The average molecular weight is 441 g/mol. The zero-order valence-electron chi connectivity index (χ0n) is 17.3. The third-order valence-electron chi connectivity index (χ3n) is 5.63. The molecule has 0 saturated heterocycles. The van der Waals surface area contributed by atoms with E-state index < -0.39 is 0 Å². The predicted octanol–water partition coefficient (Wildman–Crippen LogP) is 4.36. The van der Waals surface area contributed by atoms with Gasteiger partial charge in [0, 0.05) is 11.3 Å². The Morgan fingerprint density at radius 2 is 2.07 bits per heavy atom. The number of thiophene rings is 1. The first kappa shape index (κ1) is 19.8.